The van der Waals surface area contributed by atoms with Crippen molar-refractivity contribution in [3.8, 4) is 5.69 Å². The molecule has 1 saturated heterocycles. The summed E-state index contributed by atoms with van der Waals surface area (Å²) in [7, 11) is 0. The Hall–Kier alpha value is -3.90. The van der Waals surface area contributed by atoms with Gasteiger partial charge in [0.1, 0.15) is 11.5 Å². The van der Waals surface area contributed by atoms with Crippen molar-refractivity contribution in [2.24, 2.45) is 5.41 Å². The first-order chi connectivity index (χ1) is 19.7. The highest BCUT2D eigenvalue weighted by atomic mass is 32.1. The van der Waals surface area contributed by atoms with Crippen molar-refractivity contribution in [3.05, 3.63) is 93.3 Å². The van der Waals surface area contributed by atoms with Gasteiger partial charge in [-0.1, -0.05) is 5.57 Å². The Balaban J connectivity index is 1.32. The number of benzene rings is 1. The molecule has 1 fully saturated rings. The number of carbonyl (C=O) groups is 1. The van der Waals surface area contributed by atoms with Gasteiger partial charge in [-0.3, -0.25) is 9.78 Å². The number of anilines is 1. The number of hydrogen-bond donors (Lipinski definition) is 0. The fourth-order valence-corrected chi connectivity index (χ4v) is 6.99. The summed E-state index contributed by atoms with van der Waals surface area (Å²) in [6, 6.07) is 7.65. The van der Waals surface area contributed by atoms with Crippen LogP contribution in [0.4, 0.5) is 22.7 Å². The normalized spacial score (nSPS) is 20.2. The van der Waals surface area contributed by atoms with E-state index in [2.05, 4.69) is 15.0 Å². The summed E-state index contributed by atoms with van der Waals surface area (Å²) in [6.07, 6.45) is 1.52. The quantitative estimate of drug-likeness (QED) is 0.228. The molecule has 2 aliphatic heterocycles. The maximum Gasteiger partial charge on any atom is 0.416 e. The van der Waals surface area contributed by atoms with Crippen molar-refractivity contribution >= 4 is 28.3 Å². The van der Waals surface area contributed by atoms with Gasteiger partial charge in [0.05, 0.1) is 47.5 Å². The van der Waals surface area contributed by atoms with E-state index in [4.69, 9.17) is 9.72 Å². The summed E-state index contributed by atoms with van der Waals surface area (Å²) in [4.78, 5) is 26.4. The topological polar surface area (TPSA) is 73.1 Å². The third kappa shape index (κ3) is 4.45. The van der Waals surface area contributed by atoms with Crippen molar-refractivity contribution in [2.45, 2.75) is 32.0 Å². The first-order valence-corrected chi connectivity index (χ1v) is 14.0. The number of ketones is 1. The standard InChI is InChI=1S/C29H23F4N5O2S/c30-20-1-3-21(4-2-20)38-24-12-18-6-9-37(27-36-23-15-40-10-7-25(23)41-27)16-28(18,13-17(24)14-35-38)26(39)22-11-19(5-8-34-22)29(31,32)33/h1-5,8,11-12,14H,6-7,9-10,13,15-16H2/t28-/m0/s1. The largest absolute Gasteiger partial charge is 0.416 e. The van der Waals surface area contributed by atoms with Crippen molar-refractivity contribution in [3.63, 3.8) is 0 Å². The number of rotatable bonds is 4. The summed E-state index contributed by atoms with van der Waals surface area (Å²) in [6.45, 7) is 1.90. The first-order valence-electron chi connectivity index (χ1n) is 13.1. The monoisotopic (exact) mass is 581 g/mol. The van der Waals surface area contributed by atoms with Crippen LogP contribution in [0.1, 0.15) is 44.3 Å². The molecule has 7 nitrogen and oxygen atoms in total. The maximum atomic E-state index is 14.3. The zero-order valence-electron chi connectivity index (χ0n) is 21.6. The van der Waals surface area contributed by atoms with Crippen LogP contribution in [-0.4, -0.2) is 45.2 Å². The Morgan fingerprint density at radius 3 is 2.73 bits per heavy atom. The zero-order chi connectivity index (χ0) is 28.4. The number of ether oxygens (including phenoxy) is 1. The number of hydrogen-bond acceptors (Lipinski definition) is 7. The van der Waals surface area contributed by atoms with Crippen LogP contribution in [0.25, 0.3) is 11.8 Å². The Morgan fingerprint density at radius 1 is 1.12 bits per heavy atom. The van der Waals surface area contributed by atoms with Crippen molar-refractivity contribution in [2.75, 3.05) is 24.6 Å². The number of nitrogens with zero attached hydrogens (tertiary/aromatic N) is 5. The molecular formula is C29H23F4N5O2S. The van der Waals surface area contributed by atoms with Gasteiger partial charge in [-0.15, -0.1) is 11.3 Å². The van der Waals surface area contributed by atoms with Gasteiger partial charge in [0.2, 0.25) is 0 Å². The zero-order valence-corrected chi connectivity index (χ0v) is 22.4. The van der Waals surface area contributed by atoms with E-state index in [0.717, 1.165) is 57.3 Å². The molecule has 7 rings (SSSR count). The molecular weight excluding hydrogens is 558 g/mol. The molecule has 210 valence electrons. The van der Waals surface area contributed by atoms with Gasteiger partial charge in [-0.2, -0.15) is 18.3 Å². The molecule has 1 aromatic carbocycles. The molecule has 0 amide bonds. The van der Waals surface area contributed by atoms with Gasteiger partial charge in [-0.25, -0.2) is 14.1 Å². The summed E-state index contributed by atoms with van der Waals surface area (Å²) in [5.41, 5.74) is 1.59. The van der Waals surface area contributed by atoms with Gasteiger partial charge >= 0.3 is 6.18 Å². The molecule has 5 heterocycles. The number of piperidine rings is 1. The van der Waals surface area contributed by atoms with Gasteiger partial charge < -0.3 is 9.64 Å². The molecule has 0 unspecified atom stereocenters. The first kappa shape index (κ1) is 26.0. The smallest absolute Gasteiger partial charge is 0.375 e. The van der Waals surface area contributed by atoms with E-state index in [1.807, 2.05) is 6.08 Å². The third-order valence-electron chi connectivity index (χ3n) is 7.99. The second kappa shape index (κ2) is 9.59. The highest BCUT2D eigenvalue weighted by Crippen LogP contribution is 2.48. The van der Waals surface area contributed by atoms with E-state index < -0.39 is 22.9 Å². The Kier molecular flexibility index (Phi) is 6.09. The van der Waals surface area contributed by atoms with Crippen LogP contribution in [0.3, 0.4) is 0 Å². The van der Waals surface area contributed by atoms with Crippen LogP contribution in [0.2, 0.25) is 0 Å². The highest BCUT2D eigenvalue weighted by molar-refractivity contribution is 7.15. The molecule has 0 saturated carbocycles. The number of thiazole rings is 1. The number of aromatic nitrogens is 4. The lowest BCUT2D eigenvalue weighted by atomic mass is 9.65. The number of fused-ring (bicyclic) bond motifs is 3. The average Bonchev–Trinajstić information content (AvgIpc) is 3.59. The van der Waals surface area contributed by atoms with Crippen LogP contribution < -0.4 is 4.90 Å². The van der Waals surface area contributed by atoms with E-state index in [9.17, 15) is 22.4 Å². The van der Waals surface area contributed by atoms with Gasteiger partial charge in [-0.05, 0) is 60.9 Å². The number of alkyl halides is 3. The van der Waals surface area contributed by atoms with Crippen LogP contribution in [0, 0.1) is 11.2 Å². The lowest BCUT2D eigenvalue weighted by molar-refractivity contribution is -0.137. The van der Waals surface area contributed by atoms with E-state index in [-0.39, 0.29) is 24.5 Å². The van der Waals surface area contributed by atoms with Crippen molar-refractivity contribution < 1.29 is 27.1 Å². The summed E-state index contributed by atoms with van der Waals surface area (Å²) >= 11 is 1.57. The Bertz CT molecular complexity index is 1670. The lowest BCUT2D eigenvalue weighted by Gasteiger charge is -2.45. The fraction of sp³-hybridized carbons (Fsp3) is 0.310. The SMILES string of the molecule is O=C(c1cc(C(F)(F)F)ccn1)[C@]12Cc3cnn(-c4ccc(F)cc4)c3C=C1CCN(c1nc3c(s1)CCOC3)C2. The van der Waals surface area contributed by atoms with Gasteiger partial charge in [0.25, 0.3) is 0 Å². The second-order valence-electron chi connectivity index (χ2n) is 10.5. The van der Waals surface area contributed by atoms with Crippen molar-refractivity contribution in [1.82, 2.24) is 19.7 Å². The Labute approximate surface area is 236 Å². The molecule has 0 radical (unpaired) electrons. The summed E-state index contributed by atoms with van der Waals surface area (Å²) in [5.74, 6) is -0.835. The highest BCUT2D eigenvalue weighted by Gasteiger charge is 2.50. The molecule has 1 atom stereocenters. The fourth-order valence-electron chi connectivity index (χ4n) is 5.93. The second-order valence-corrected chi connectivity index (χ2v) is 11.5. The molecule has 3 aliphatic rings. The predicted octanol–water partition coefficient (Wildman–Crippen LogP) is 5.67. The van der Waals surface area contributed by atoms with E-state index in [0.29, 0.717) is 31.9 Å². The molecule has 1 aliphatic carbocycles. The van der Waals surface area contributed by atoms with Crippen LogP contribution in [0.5, 0.6) is 0 Å². The van der Waals surface area contributed by atoms with E-state index in [1.165, 1.54) is 12.1 Å². The summed E-state index contributed by atoms with van der Waals surface area (Å²) in [5, 5.41) is 5.30. The van der Waals surface area contributed by atoms with E-state index >= 15 is 0 Å². The summed E-state index contributed by atoms with van der Waals surface area (Å²) < 4.78 is 61.5. The third-order valence-corrected chi connectivity index (χ3v) is 9.21. The number of Topliss-reactive ketones (excluding diaryl/α,β-unsaturated/α-hetero) is 1. The minimum atomic E-state index is -4.61. The number of pyridine rings is 1. The average molecular weight is 582 g/mol. The molecule has 4 aromatic rings. The number of carbonyl (C=O) groups excluding carboxylic acids is 1. The molecule has 3 aromatic heterocycles. The number of halogens is 4. The van der Waals surface area contributed by atoms with Crippen molar-refractivity contribution in [1.29, 1.82) is 0 Å². The van der Waals surface area contributed by atoms with Gasteiger partial charge in [0, 0.05) is 30.6 Å². The van der Waals surface area contributed by atoms with Crippen LogP contribution in [0.15, 0.2) is 54.4 Å². The molecule has 41 heavy (non-hydrogen) atoms. The van der Waals surface area contributed by atoms with Crippen LogP contribution in [-0.2, 0) is 30.4 Å². The minimum absolute atomic E-state index is 0.228. The van der Waals surface area contributed by atoms with Crippen LogP contribution >= 0.6 is 11.3 Å². The molecule has 0 bridgehead atoms. The molecule has 0 spiro atoms. The van der Waals surface area contributed by atoms with E-state index in [1.54, 1.807) is 34.3 Å². The molecule has 12 heteroatoms. The Morgan fingerprint density at radius 2 is 1.95 bits per heavy atom. The maximum absolute atomic E-state index is 14.3. The molecule has 0 N–H and O–H groups in total. The predicted molar refractivity (Wildman–Crippen MR) is 144 cm³/mol. The minimum Gasteiger partial charge on any atom is -0.375 e. The van der Waals surface area contributed by atoms with Gasteiger partial charge in [0.15, 0.2) is 10.9 Å². The lowest BCUT2D eigenvalue weighted by Crippen LogP contribution is -2.52.